The van der Waals surface area contributed by atoms with Crippen LogP contribution in [0.5, 0.6) is 0 Å². The normalized spacial score (nSPS) is 14.5. The minimum absolute atomic E-state index is 0.130. The molecule has 4 N–H and O–H groups in total. The van der Waals surface area contributed by atoms with E-state index in [1.54, 1.807) is 0 Å². The number of carboxylic acid groups (broad SMARTS) is 1. The smallest absolute Gasteiger partial charge is 0.472 e. The third-order valence-electron chi connectivity index (χ3n) is 8.73. The van der Waals surface area contributed by atoms with Gasteiger partial charge >= 0.3 is 19.8 Å². The van der Waals surface area contributed by atoms with Gasteiger partial charge in [-0.1, -0.05) is 138 Å². The fraction of sp³-hybridized carbons (Fsp3) is 0.667. The first-order chi connectivity index (χ1) is 27.6. The summed E-state index contributed by atoms with van der Waals surface area (Å²) in [6.07, 6.45) is 46.4. The fourth-order valence-corrected chi connectivity index (χ4v) is 6.17. The van der Waals surface area contributed by atoms with Gasteiger partial charge in [0, 0.05) is 12.8 Å². The highest BCUT2D eigenvalue weighted by Crippen LogP contribution is 2.43. The predicted molar refractivity (Wildman–Crippen MR) is 231 cm³/mol. The van der Waals surface area contributed by atoms with Gasteiger partial charge in [-0.05, 0) is 83.5 Å². The highest BCUT2D eigenvalue weighted by molar-refractivity contribution is 7.47. The Morgan fingerprint density at radius 2 is 1.02 bits per heavy atom. The van der Waals surface area contributed by atoms with E-state index < -0.39 is 57.6 Å². The van der Waals surface area contributed by atoms with Crippen LogP contribution in [0.25, 0.3) is 0 Å². The van der Waals surface area contributed by atoms with E-state index in [4.69, 9.17) is 13.8 Å². The number of aliphatic hydroxyl groups is 1. The Kier molecular flexibility index (Phi) is 37.6. The van der Waals surface area contributed by atoms with E-state index in [0.717, 1.165) is 89.9 Å². The van der Waals surface area contributed by atoms with Crippen molar-refractivity contribution in [2.75, 3.05) is 19.8 Å². The molecular weight excluding hydrogens is 745 g/mol. The SMILES string of the molecule is CC/C=C\C/C=C\C/C=C\C/C=C\CCCCC(=O)OCC(O)COP(=O)(O)OCC(NC(=O)CCCCCCCCC/C=C\C/C=C\CCCCCC)C(=O)O. The number of nitrogens with one attached hydrogen (secondary N) is 1. The summed E-state index contributed by atoms with van der Waals surface area (Å²) in [5, 5.41) is 21.8. The molecule has 326 valence electrons. The molecule has 0 radical (unpaired) electrons. The van der Waals surface area contributed by atoms with Crippen LogP contribution in [0.4, 0.5) is 0 Å². The number of phosphoric acid groups is 1. The second-order valence-electron chi connectivity index (χ2n) is 14.1. The number of unbranched alkanes of at least 4 members (excludes halogenated alkanes) is 13. The van der Waals surface area contributed by atoms with Gasteiger partial charge in [-0.25, -0.2) is 9.36 Å². The number of carbonyl (C=O) groups excluding carboxylic acids is 2. The van der Waals surface area contributed by atoms with Crippen molar-refractivity contribution < 1.29 is 47.8 Å². The fourth-order valence-electron chi connectivity index (χ4n) is 5.39. The van der Waals surface area contributed by atoms with E-state index >= 15 is 0 Å². The molecule has 0 fully saturated rings. The van der Waals surface area contributed by atoms with Gasteiger partial charge < -0.3 is 25.2 Å². The largest absolute Gasteiger partial charge is 0.480 e. The number of ether oxygens (including phenoxy) is 1. The molecule has 1 amide bonds. The number of aliphatic hydroxyl groups excluding tert-OH is 1. The number of amides is 1. The molecule has 0 aliphatic carbocycles. The summed E-state index contributed by atoms with van der Waals surface area (Å²) in [5.41, 5.74) is 0. The van der Waals surface area contributed by atoms with Crippen molar-refractivity contribution in [3.05, 3.63) is 72.9 Å². The van der Waals surface area contributed by atoms with Crippen LogP contribution in [0, 0.1) is 0 Å². The second-order valence-corrected chi connectivity index (χ2v) is 15.6. The standard InChI is InChI=1S/C45H76NO10P/c1-3-5-7-9-11-13-15-17-19-20-21-23-24-26-28-30-32-34-36-43(48)46-42(45(50)51)40-56-57(52,53)55-39-41(47)38-54-44(49)37-35-33-31-29-27-25-22-18-16-14-12-10-8-6-4-2/h6,8,12-15,18-20,22,27,29,41-42,47H,3-5,7,9-11,16-17,21,23-26,28,30-40H2,1-2H3,(H,46,48)(H,50,51)(H,52,53)/b8-6-,14-12-,15-13-,20-19-,22-18-,29-27-. The first kappa shape index (κ1) is 53.9. The minimum atomic E-state index is -4.77. The van der Waals surface area contributed by atoms with E-state index in [0.29, 0.717) is 12.8 Å². The van der Waals surface area contributed by atoms with Crippen LogP contribution in [0.3, 0.4) is 0 Å². The van der Waals surface area contributed by atoms with Crippen LogP contribution >= 0.6 is 7.82 Å². The van der Waals surface area contributed by atoms with Gasteiger partial charge in [0.2, 0.25) is 5.91 Å². The van der Waals surface area contributed by atoms with Crippen LogP contribution in [0.1, 0.15) is 162 Å². The Morgan fingerprint density at radius 1 is 0.579 bits per heavy atom. The summed E-state index contributed by atoms with van der Waals surface area (Å²) in [6, 6.07) is -1.56. The maximum absolute atomic E-state index is 12.3. The zero-order valence-electron chi connectivity index (χ0n) is 35.1. The Morgan fingerprint density at radius 3 is 1.54 bits per heavy atom. The molecule has 3 atom stereocenters. The molecule has 0 aliphatic rings. The summed E-state index contributed by atoms with van der Waals surface area (Å²) in [4.78, 5) is 45.9. The molecule has 0 saturated heterocycles. The van der Waals surface area contributed by atoms with Crippen molar-refractivity contribution in [2.45, 2.75) is 174 Å². The lowest BCUT2D eigenvalue weighted by Gasteiger charge is -2.18. The molecule has 0 spiro atoms. The van der Waals surface area contributed by atoms with E-state index in [9.17, 15) is 34.1 Å². The highest BCUT2D eigenvalue weighted by Gasteiger charge is 2.28. The van der Waals surface area contributed by atoms with Crippen molar-refractivity contribution in [1.82, 2.24) is 5.32 Å². The van der Waals surface area contributed by atoms with Gasteiger partial charge in [-0.2, -0.15) is 0 Å². The predicted octanol–water partition coefficient (Wildman–Crippen LogP) is 10.9. The van der Waals surface area contributed by atoms with E-state index in [2.05, 4.69) is 92.1 Å². The quantitative estimate of drug-likeness (QED) is 0.0203. The number of esters is 1. The van der Waals surface area contributed by atoms with Crippen LogP contribution in [-0.4, -0.2) is 64.9 Å². The zero-order valence-corrected chi connectivity index (χ0v) is 36.0. The number of allylic oxidation sites excluding steroid dienone is 12. The number of aliphatic carboxylic acids is 1. The van der Waals surface area contributed by atoms with Gasteiger partial charge in [-0.15, -0.1) is 0 Å². The molecule has 11 nitrogen and oxygen atoms in total. The number of hydrogen-bond donors (Lipinski definition) is 4. The number of carbonyl (C=O) groups is 3. The Balaban J connectivity index is 3.99. The second kappa shape index (κ2) is 39.7. The summed E-state index contributed by atoms with van der Waals surface area (Å²) in [5.74, 6) is -2.44. The molecule has 3 unspecified atom stereocenters. The summed E-state index contributed by atoms with van der Waals surface area (Å²) in [7, 11) is -4.77. The number of carboxylic acids is 1. The zero-order chi connectivity index (χ0) is 42.1. The molecule has 0 rings (SSSR count). The van der Waals surface area contributed by atoms with Crippen molar-refractivity contribution in [3.63, 3.8) is 0 Å². The maximum atomic E-state index is 12.3. The van der Waals surface area contributed by atoms with Crippen LogP contribution in [-0.2, 0) is 32.7 Å². The molecule has 0 aliphatic heterocycles. The molecular formula is C45H76NO10P. The molecule has 0 saturated carbocycles. The first-order valence-electron chi connectivity index (χ1n) is 21.5. The average Bonchev–Trinajstić information content (AvgIpc) is 3.18. The Hall–Kier alpha value is -3.08. The molecule has 0 aromatic rings. The van der Waals surface area contributed by atoms with Crippen molar-refractivity contribution in [1.29, 1.82) is 0 Å². The lowest BCUT2D eigenvalue weighted by atomic mass is 10.1. The summed E-state index contributed by atoms with van der Waals surface area (Å²) in [6.45, 7) is 2.40. The summed E-state index contributed by atoms with van der Waals surface area (Å²) < 4.78 is 26.8. The van der Waals surface area contributed by atoms with Gasteiger partial charge in [0.15, 0.2) is 6.04 Å². The number of hydrogen-bond acceptors (Lipinski definition) is 8. The average molecular weight is 822 g/mol. The van der Waals surface area contributed by atoms with Crippen LogP contribution < -0.4 is 5.32 Å². The molecule has 0 aromatic heterocycles. The Labute approximate surface area is 344 Å². The van der Waals surface area contributed by atoms with Gasteiger partial charge in [0.1, 0.15) is 12.7 Å². The van der Waals surface area contributed by atoms with Gasteiger partial charge in [0.25, 0.3) is 0 Å². The summed E-state index contributed by atoms with van der Waals surface area (Å²) >= 11 is 0. The van der Waals surface area contributed by atoms with E-state index in [1.807, 2.05) is 0 Å². The molecule has 0 bridgehead atoms. The van der Waals surface area contributed by atoms with Crippen LogP contribution in [0.15, 0.2) is 72.9 Å². The van der Waals surface area contributed by atoms with Crippen molar-refractivity contribution in [2.24, 2.45) is 0 Å². The van der Waals surface area contributed by atoms with E-state index in [1.165, 1.54) is 32.1 Å². The first-order valence-corrected chi connectivity index (χ1v) is 23.0. The number of phosphoric ester groups is 1. The number of rotatable bonds is 39. The third-order valence-corrected chi connectivity index (χ3v) is 9.68. The van der Waals surface area contributed by atoms with Crippen LogP contribution in [0.2, 0.25) is 0 Å². The monoisotopic (exact) mass is 822 g/mol. The third kappa shape index (κ3) is 39.5. The van der Waals surface area contributed by atoms with Crippen molar-refractivity contribution >= 4 is 25.7 Å². The minimum Gasteiger partial charge on any atom is -0.480 e. The molecule has 57 heavy (non-hydrogen) atoms. The van der Waals surface area contributed by atoms with Crippen molar-refractivity contribution in [3.8, 4) is 0 Å². The topological polar surface area (TPSA) is 169 Å². The van der Waals surface area contributed by atoms with E-state index in [-0.39, 0.29) is 12.8 Å². The molecule has 12 heteroatoms. The lowest BCUT2D eigenvalue weighted by Crippen LogP contribution is -2.43. The van der Waals surface area contributed by atoms with Gasteiger partial charge in [0.05, 0.1) is 13.2 Å². The van der Waals surface area contributed by atoms with Gasteiger partial charge in [-0.3, -0.25) is 18.6 Å². The molecule has 0 aromatic carbocycles. The maximum Gasteiger partial charge on any atom is 0.472 e. The molecule has 0 heterocycles. The Bertz CT molecular complexity index is 1240. The lowest BCUT2D eigenvalue weighted by molar-refractivity contribution is -0.147. The highest BCUT2D eigenvalue weighted by atomic mass is 31.2.